The molecule has 21 heavy (non-hydrogen) atoms. The lowest BCUT2D eigenvalue weighted by Gasteiger charge is -2.19. The number of aryl methyl sites for hydroxylation is 3. The van der Waals surface area contributed by atoms with Crippen molar-refractivity contribution in [2.24, 2.45) is 0 Å². The number of methoxy groups -OCH3 is 1. The van der Waals surface area contributed by atoms with Gasteiger partial charge in [0.15, 0.2) is 0 Å². The van der Waals surface area contributed by atoms with Gasteiger partial charge in [0, 0.05) is 38.9 Å². The lowest BCUT2D eigenvalue weighted by atomic mass is 10.2. The Bertz CT molecular complexity index is 599. The van der Waals surface area contributed by atoms with Gasteiger partial charge in [-0.15, -0.1) is 5.10 Å². The lowest BCUT2D eigenvalue weighted by Crippen LogP contribution is -2.24. The fourth-order valence-corrected chi connectivity index (χ4v) is 2.79. The zero-order valence-electron chi connectivity index (χ0n) is 12.8. The Morgan fingerprint density at radius 3 is 2.86 bits per heavy atom. The molecule has 0 saturated carbocycles. The van der Waals surface area contributed by atoms with Gasteiger partial charge in [-0.3, -0.25) is 4.90 Å². The van der Waals surface area contributed by atoms with Crippen LogP contribution in [0, 0.1) is 13.8 Å². The van der Waals surface area contributed by atoms with E-state index in [0.29, 0.717) is 6.61 Å². The number of aromatic nitrogens is 4. The molecular formula is C14H21N5O2. The van der Waals surface area contributed by atoms with Gasteiger partial charge in [-0.1, -0.05) is 10.4 Å². The van der Waals surface area contributed by atoms with E-state index in [0.717, 1.165) is 55.4 Å². The van der Waals surface area contributed by atoms with E-state index in [2.05, 4.69) is 20.4 Å². The van der Waals surface area contributed by atoms with Crippen molar-refractivity contribution in [1.29, 1.82) is 0 Å². The van der Waals surface area contributed by atoms with Crippen molar-refractivity contribution >= 4 is 0 Å². The number of hydrogen-bond donors (Lipinski definition) is 0. The maximum Gasteiger partial charge on any atom is 0.138 e. The largest absolute Gasteiger partial charge is 0.378 e. The van der Waals surface area contributed by atoms with Crippen molar-refractivity contribution in [1.82, 2.24) is 25.1 Å². The smallest absolute Gasteiger partial charge is 0.138 e. The molecule has 0 spiro atoms. The maximum atomic E-state index is 5.26. The number of fused-ring (bicyclic) bond motifs is 1. The Labute approximate surface area is 123 Å². The van der Waals surface area contributed by atoms with Gasteiger partial charge in [-0.2, -0.15) is 0 Å². The van der Waals surface area contributed by atoms with Crippen molar-refractivity contribution in [3.8, 4) is 0 Å². The van der Waals surface area contributed by atoms with Gasteiger partial charge >= 0.3 is 0 Å². The highest BCUT2D eigenvalue weighted by Gasteiger charge is 2.21. The fraction of sp³-hybridized carbons (Fsp3) is 0.643. The molecule has 114 valence electrons. The molecule has 2 aromatic rings. The first kappa shape index (κ1) is 14.2. The van der Waals surface area contributed by atoms with Gasteiger partial charge in [0.2, 0.25) is 0 Å². The van der Waals surface area contributed by atoms with Gasteiger partial charge in [0.1, 0.15) is 11.5 Å². The maximum absolute atomic E-state index is 5.26. The molecule has 1 aliphatic rings. The molecule has 1 aliphatic heterocycles. The predicted octanol–water partition coefficient (Wildman–Crippen LogP) is 1.44. The Balaban J connectivity index is 1.80. The summed E-state index contributed by atoms with van der Waals surface area (Å²) in [5, 5.41) is 12.5. The molecule has 0 N–H and O–H groups in total. The van der Waals surface area contributed by atoms with Crippen LogP contribution in [0.5, 0.6) is 0 Å². The summed E-state index contributed by atoms with van der Waals surface area (Å²) in [7, 11) is 1.68. The Kier molecular flexibility index (Phi) is 4.03. The van der Waals surface area contributed by atoms with Gasteiger partial charge < -0.3 is 9.26 Å². The van der Waals surface area contributed by atoms with Crippen molar-refractivity contribution < 1.29 is 9.26 Å². The van der Waals surface area contributed by atoms with Crippen molar-refractivity contribution in [3.63, 3.8) is 0 Å². The zero-order chi connectivity index (χ0) is 14.8. The van der Waals surface area contributed by atoms with E-state index in [4.69, 9.17) is 9.26 Å². The van der Waals surface area contributed by atoms with Crippen molar-refractivity contribution in [2.75, 3.05) is 13.7 Å². The third kappa shape index (κ3) is 2.84. The number of ether oxygens (including phenoxy) is 1. The predicted molar refractivity (Wildman–Crippen MR) is 75.4 cm³/mol. The molecule has 7 nitrogen and oxygen atoms in total. The van der Waals surface area contributed by atoms with E-state index < -0.39 is 0 Å². The van der Waals surface area contributed by atoms with Crippen LogP contribution in [0.4, 0.5) is 0 Å². The number of rotatable bonds is 4. The minimum Gasteiger partial charge on any atom is -0.378 e. The van der Waals surface area contributed by atoms with Gasteiger partial charge in [0.05, 0.1) is 18.0 Å². The zero-order valence-corrected chi connectivity index (χ0v) is 12.8. The molecule has 0 aromatic carbocycles. The highest BCUT2D eigenvalue weighted by molar-refractivity contribution is 5.21. The highest BCUT2D eigenvalue weighted by Crippen LogP contribution is 2.20. The number of hydrogen-bond acceptors (Lipinski definition) is 6. The summed E-state index contributed by atoms with van der Waals surface area (Å²) in [5.74, 6) is 0.903. The van der Waals surface area contributed by atoms with Crippen molar-refractivity contribution in [3.05, 3.63) is 28.4 Å². The molecule has 2 aromatic heterocycles. The summed E-state index contributed by atoms with van der Waals surface area (Å²) in [6.07, 6.45) is 1.06. The molecule has 0 amide bonds. The van der Waals surface area contributed by atoms with E-state index in [1.807, 2.05) is 18.5 Å². The SMILES string of the molecule is COCc1nnn2c1CN(Cc1c(C)noc1C)CCC2. The second-order valence-corrected chi connectivity index (χ2v) is 5.51. The topological polar surface area (TPSA) is 69.2 Å². The second kappa shape index (κ2) is 5.95. The molecule has 0 bridgehead atoms. The Morgan fingerprint density at radius 2 is 2.14 bits per heavy atom. The van der Waals surface area contributed by atoms with Gasteiger partial charge in [-0.25, -0.2) is 4.68 Å². The summed E-state index contributed by atoms with van der Waals surface area (Å²) in [6.45, 7) is 8.08. The average molecular weight is 291 g/mol. The van der Waals surface area contributed by atoms with Crippen LogP contribution >= 0.6 is 0 Å². The van der Waals surface area contributed by atoms with E-state index in [1.165, 1.54) is 5.56 Å². The van der Waals surface area contributed by atoms with Crippen LogP contribution in [0.1, 0.15) is 34.8 Å². The first-order chi connectivity index (χ1) is 10.2. The van der Waals surface area contributed by atoms with Crippen LogP contribution in [-0.2, 0) is 31.0 Å². The minimum absolute atomic E-state index is 0.508. The highest BCUT2D eigenvalue weighted by atomic mass is 16.5. The first-order valence-electron chi connectivity index (χ1n) is 7.23. The molecule has 0 radical (unpaired) electrons. The normalized spacial score (nSPS) is 16.0. The van der Waals surface area contributed by atoms with E-state index in [1.54, 1.807) is 7.11 Å². The molecule has 0 aliphatic carbocycles. The second-order valence-electron chi connectivity index (χ2n) is 5.51. The van der Waals surface area contributed by atoms with Crippen LogP contribution in [0.25, 0.3) is 0 Å². The summed E-state index contributed by atoms with van der Waals surface area (Å²) >= 11 is 0. The van der Waals surface area contributed by atoms with Crippen LogP contribution in [0.3, 0.4) is 0 Å². The summed E-state index contributed by atoms with van der Waals surface area (Å²) in [6, 6.07) is 0. The monoisotopic (exact) mass is 291 g/mol. The standard InChI is InChI=1S/C14H21N5O2/c1-10-12(11(2)21-16-10)7-18-5-4-6-19-14(8-18)13(9-20-3)15-17-19/h4-9H2,1-3H3. The van der Waals surface area contributed by atoms with Crippen LogP contribution in [0.15, 0.2) is 4.52 Å². The fourth-order valence-electron chi connectivity index (χ4n) is 2.79. The lowest BCUT2D eigenvalue weighted by molar-refractivity contribution is 0.178. The average Bonchev–Trinajstić information content (AvgIpc) is 2.90. The quantitative estimate of drug-likeness (QED) is 0.849. The molecule has 3 heterocycles. The Morgan fingerprint density at radius 1 is 1.29 bits per heavy atom. The summed E-state index contributed by atoms with van der Waals surface area (Å²) < 4.78 is 12.5. The van der Waals surface area contributed by atoms with E-state index in [-0.39, 0.29) is 0 Å². The molecule has 0 atom stereocenters. The summed E-state index contributed by atoms with van der Waals surface area (Å²) in [4.78, 5) is 2.40. The molecule has 0 saturated heterocycles. The third-order valence-electron chi connectivity index (χ3n) is 3.98. The van der Waals surface area contributed by atoms with E-state index in [9.17, 15) is 0 Å². The molecule has 7 heteroatoms. The minimum atomic E-state index is 0.508. The molecule has 0 unspecified atom stereocenters. The van der Waals surface area contributed by atoms with Crippen LogP contribution in [-0.4, -0.2) is 38.7 Å². The van der Waals surface area contributed by atoms with Gasteiger partial charge in [-0.05, 0) is 20.3 Å². The van der Waals surface area contributed by atoms with E-state index >= 15 is 0 Å². The van der Waals surface area contributed by atoms with Gasteiger partial charge in [0.25, 0.3) is 0 Å². The van der Waals surface area contributed by atoms with Crippen molar-refractivity contribution in [2.45, 2.75) is 46.5 Å². The molecule has 3 rings (SSSR count). The Hall–Kier alpha value is -1.73. The first-order valence-corrected chi connectivity index (χ1v) is 7.23. The summed E-state index contributed by atoms with van der Waals surface area (Å²) in [5.41, 5.74) is 4.24. The van der Waals surface area contributed by atoms with Crippen LogP contribution in [0.2, 0.25) is 0 Å². The molecular weight excluding hydrogens is 270 g/mol. The number of nitrogens with zero attached hydrogens (tertiary/aromatic N) is 5. The third-order valence-corrected chi connectivity index (χ3v) is 3.98. The van der Waals surface area contributed by atoms with Crippen LogP contribution < -0.4 is 0 Å². The molecule has 0 fully saturated rings.